The van der Waals surface area contributed by atoms with Gasteiger partial charge in [0, 0.05) is 30.9 Å². The highest BCUT2D eigenvalue weighted by Crippen LogP contribution is 2.27. The number of aromatic nitrogens is 5. The number of hydrogen-bond acceptors (Lipinski definition) is 6. The molecule has 0 spiro atoms. The summed E-state index contributed by atoms with van der Waals surface area (Å²) < 4.78 is 15.1. The molecule has 4 heterocycles. The molecule has 0 bridgehead atoms. The predicted octanol–water partition coefficient (Wildman–Crippen LogP) is 3.11. The average molecular weight is 431 g/mol. The first kappa shape index (κ1) is 20.0. The van der Waals surface area contributed by atoms with Crippen LogP contribution in [0.3, 0.4) is 0 Å². The van der Waals surface area contributed by atoms with Crippen molar-refractivity contribution in [1.82, 2.24) is 24.8 Å². The van der Waals surface area contributed by atoms with Gasteiger partial charge in [-0.25, -0.2) is 4.39 Å². The maximum Gasteiger partial charge on any atom is 0.230 e. The third kappa shape index (κ3) is 4.14. The van der Waals surface area contributed by atoms with Crippen LogP contribution in [-0.4, -0.2) is 43.8 Å². The van der Waals surface area contributed by atoms with Gasteiger partial charge in [0.05, 0.1) is 12.2 Å². The number of pyridine rings is 1. The molecule has 1 aromatic carbocycles. The van der Waals surface area contributed by atoms with Crippen molar-refractivity contribution in [2.75, 3.05) is 22.9 Å². The van der Waals surface area contributed by atoms with Crippen molar-refractivity contribution in [1.29, 1.82) is 0 Å². The van der Waals surface area contributed by atoms with E-state index in [2.05, 4.69) is 25.2 Å². The van der Waals surface area contributed by atoms with E-state index in [0.29, 0.717) is 30.7 Å². The number of halogens is 1. The van der Waals surface area contributed by atoms with Gasteiger partial charge in [0.25, 0.3) is 0 Å². The van der Waals surface area contributed by atoms with E-state index in [1.54, 1.807) is 34.1 Å². The molecule has 0 unspecified atom stereocenters. The van der Waals surface area contributed by atoms with E-state index in [9.17, 15) is 9.18 Å². The zero-order valence-electron chi connectivity index (χ0n) is 17.4. The lowest BCUT2D eigenvalue weighted by Crippen LogP contribution is -2.43. The summed E-state index contributed by atoms with van der Waals surface area (Å²) in [5.74, 6) is 0.416. The molecule has 1 saturated heterocycles. The first-order valence-electron chi connectivity index (χ1n) is 10.6. The second-order valence-corrected chi connectivity index (χ2v) is 7.81. The lowest BCUT2D eigenvalue weighted by molar-refractivity contribution is -0.123. The summed E-state index contributed by atoms with van der Waals surface area (Å²) in [5, 5.41) is 12.4. The van der Waals surface area contributed by atoms with Gasteiger partial charge in [-0.05, 0) is 61.4 Å². The number of anilines is 2. The van der Waals surface area contributed by atoms with Crippen molar-refractivity contribution in [2.24, 2.45) is 5.92 Å². The molecule has 1 aliphatic heterocycles. The van der Waals surface area contributed by atoms with Gasteiger partial charge < -0.3 is 9.80 Å². The third-order valence-electron chi connectivity index (χ3n) is 5.77. The van der Waals surface area contributed by atoms with E-state index >= 15 is 0 Å². The van der Waals surface area contributed by atoms with Crippen molar-refractivity contribution in [3.63, 3.8) is 0 Å². The van der Waals surface area contributed by atoms with Gasteiger partial charge in [-0.15, -0.1) is 15.3 Å². The van der Waals surface area contributed by atoms with Gasteiger partial charge >= 0.3 is 0 Å². The molecular weight excluding hydrogens is 409 g/mol. The van der Waals surface area contributed by atoms with E-state index in [4.69, 9.17) is 0 Å². The molecule has 3 aromatic heterocycles. The summed E-state index contributed by atoms with van der Waals surface area (Å²) in [5.41, 5.74) is 2.15. The van der Waals surface area contributed by atoms with Crippen LogP contribution < -0.4 is 9.80 Å². The maximum absolute atomic E-state index is 13.5. The Kier molecular flexibility index (Phi) is 5.45. The number of hydrogen-bond donors (Lipinski definition) is 0. The van der Waals surface area contributed by atoms with Gasteiger partial charge in [0.15, 0.2) is 5.65 Å². The van der Waals surface area contributed by atoms with Crippen LogP contribution in [0.5, 0.6) is 0 Å². The summed E-state index contributed by atoms with van der Waals surface area (Å²) in [6.45, 7) is 1.78. The highest BCUT2D eigenvalue weighted by Gasteiger charge is 2.30. The SMILES string of the molecule is O=C(C1CCN(c2ccc3nncn3n2)CC1)N(Cc1ccccn1)c1ccc(F)cc1. The largest absolute Gasteiger partial charge is 0.355 e. The molecule has 0 radical (unpaired) electrons. The summed E-state index contributed by atoms with van der Waals surface area (Å²) in [7, 11) is 0. The topological polar surface area (TPSA) is 79.5 Å². The fraction of sp³-hybridized carbons (Fsp3) is 0.261. The molecule has 5 rings (SSSR count). The molecule has 8 nitrogen and oxygen atoms in total. The first-order valence-corrected chi connectivity index (χ1v) is 10.6. The van der Waals surface area contributed by atoms with Crippen LogP contribution >= 0.6 is 0 Å². The van der Waals surface area contributed by atoms with Crippen molar-refractivity contribution in [3.8, 4) is 0 Å². The predicted molar refractivity (Wildman–Crippen MR) is 118 cm³/mol. The summed E-state index contributed by atoms with van der Waals surface area (Å²) in [6.07, 6.45) is 4.70. The van der Waals surface area contributed by atoms with Crippen molar-refractivity contribution < 1.29 is 9.18 Å². The van der Waals surface area contributed by atoms with E-state index in [1.165, 1.54) is 12.1 Å². The molecule has 0 aliphatic carbocycles. The molecule has 4 aromatic rings. The smallest absolute Gasteiger partial charge is 0.230 e. The van der Waals surface area contributed by atoms with E-state index < -0.39 is 0 Å². The molecule has 9 heteroatoms. The molecule has 0 atom stereocenters. The molecule has 32 heavy (non-hydrogen) atoms. The van der Waals surface area contributed by atoms with Crippen LogP contribution in [0, 0.1) is 11.7 Å². The Morgan fingerprint density at radius 1 is 1.06 bits per heavy atom. The highest BCUT2D eigenvalue weighted by molar-refractivity contribution is 5.95. The zero-order valence-corrected chi connectivity index (χ0v) is 17.4. The van der Waals surface area contributed by atoms with Gasteiger partial charge in [0.2, 0.25) is 5.91 Å². The Morgan fingerprint density at radius 2 is 1.88 bits per heavy atom. The quantitative estimate of drug-likeness (QED) is 0.483. The molecule has 1 fully saturated rings. The van der Waals surface area contributed by atoms with Crippen LogP contribution in [0.25, 0.3) is 5.65 Å². The minimum Gasteiger partial charge on any atom is -0.355 e. The van der Waals surface area contributed by atoms with Crippen molar-refractivity contribution in [3.05, 3.63) is 78.6 Å². The molecule has 0 N–H and O–H groups in total. The van der Waals surface area contributed by atoms with Crippen molar-refractivity contribution >= 4 is 23.1 Å². The Bertz CT molecular complexity index is 1200. The lowest BCUT2D eigenvalue weighted by atomic mass is 9.94. The van der Waals surface area contributed by atoms with Gasteiger partial charge in [-0.3, -0.25) is 9.78 Å². The lowest BCUT2D eigenvalue weighted by Gasteiger charge is -2.34. The molecule has 162 valence electrons. The second kappa shape index (κ2) is 8.70. The highest BCUT2D eigenvalue weighted by atomic mass is 19.1. The minimum absolute atomic E-state index is 0.0316. The summed E-state index contributed by atoms with van der Waals surface area (Å²) in [4.78, 5) is 21.8. The van der Waals surface area contributed by atoms with Crippen molar-refractivity contribution in [2.45, 2.75) is 19.4 Å². The zero-order chi connectivity index (χ0) is 21.9. The van der Waals surface area contributed by atoms with Crippen LogP contribution in [0.15, 0.2) is 67.1 Å². The second-order valence-electron chi connectivity index (χ2n) is 7.81. The molecular formula is C23H22FN7O. The van der Waals surface area contributed by atoms with Gasteiger partial charge in [-0.1, -0.05) is 6.07 Å². The monoisotopic (exact) mass is 431 g/mol. The number of benzene rings is 1. The number of carbonyl (C=O) groups is 1. The normalized spacial score (nSPS) is 14.6. The van der Waals surface area contributed by atoms with Crippen LogP contribution in [0.2, 0.25) is 0 Å². The molecule has 1 aliphatic rings. The number of nitrogens with zero attached hydrogens (tertiary/aromatic N) is 7. The summed E-state index contributed by atoms with van der Waals surface area (Å²) in [6, 6.07) is 15.5. The Morgan fingerprint density at radius 3 is 2.62 bits per heavy atom. The number of fused-ring (bicyclic) bond motifs is 1. The Hall–Kier alpha value is -3.88. The molecule has 1 amide bonds. The fourth-order valence-electron chi connectivity index (χ4n) is 4.03. The van der Waals surface area contributed by atoms with Gasteiger partial charge in [0.1, 0.15) is 18.0 Å². The molecule has 0 saturated carbocycles. The average Bonchev–Trinajstić information content (AvgIpc) is 3.32. The van der Waals surface area contributed by atoms with E-state index in [-0.39, 0.29) is 17.6 Å². The fourth-order valence-corrected chi connectivity index (χ4v) is 4.03. The van der Waals surface area contributed by atoms with E-state index in [1.807, 2.05) is 30.3 Å². The first-order chi connectivity index (χ1) is 15.7. The maximum atomic E-state index is 13.5. The Labute approximate surface area is 184 Å². The van der Waals surface area contributed by atoms with Crippen LogP contribution in [0.4, 0.5) is 15.9 Å². The standard InChI is InChI=1S/C23H22FN7O/c24-18-4-6-20(7-5-18)30(15-19-3-1-2-12-25-19)23(32)17-10-13-29(14-11-17)22-9-8-21-27-26-16-31(21)28-22/h1-9,12,16-17H,10-11,13-15H2. The third-order valence-corrected chi connectivity index (χ3v) is 5.77. The number of rotatable bonds is 5. The Balaban J connectivity index is 1.31. The number of carbonyl (C=O) groups excluding carboxylic acids is 1. The van der Waals surface area contributed by atoms with Crippen LogP contribution in [0.1, 0.15) is 18.5 Å². The number of piperidine rings is 1. The summed E-state index contributed by atoms with van der Waals surface area (Å²) >= 11 is 0. The number of amides is 1. The van der Waals surface area contributed by atoms with E-state index in [0.717, 1.165) is 24.6 Å². The van der Waals surface area contributed by atoms with Crippen LogP contribution in [-0.2, 0) is 11.3 Å². The van der Waals surface area contributed by atoms with Gasteiger partial charge in [-0.2, -0.15) is 4.52 Å². The minimum atomic E-state index is -0.329.